The first-order valence-electron chi connectivity index (χ1n) is 9.21. The Labute approximate surface area is 191 Å². The molecule has 0 saturated carbocycles. The Morgan fingerprint density at radius 2 is 1.84 bits per heavy atom. The van der Waals surface area contributed by atoms with Gasteiger partial charge in [-0.15, -0.1) is 0 Å². The molecular weight excluding hydrogens is 487 g/mol. The molecule has 1 saturated heterocycles. The summed E-state index contributed by atoms with van der Waals surface area (Å²) in [5.41, 5.74) is 3.75. The predicted octanol–water partition coefficient (Wildman–Crippen LogP) is 5.28. The topological polar surface area (TPSA) is 58.6 Å². The Morgan fingerprint density at radius 1 is 1.06 bits per heavy atom. The van der Waals surface area contributed by atoms with E-state index in [0.29, 0.717) is 17.0 Å². The summed E-state index contributed by atoms with van der Waals surface area (Å²) in [7, 11) is 0. The Kier molecular flexibility index (Phi) is 6.06. The van der Waals surface area contributed by atoms with E-state index in [4.69, 9.17) is 16.3 Å². The van der Waals surface area contributed by atoms with Gasteiger partial charge in [-0.05, 0) is 48.5 Å². The van der Waals surface area contributed by atoms with Crippen LogP contribution < -0.4 is 15.2 Å². The van der Waals surface area contributed by atoms with Gasteiger partial charge in [0.05, 0.1) is 10.7 Å². The van der Waals surface area contributed by atoms with Crippen molar-refractivity contribution in [2.75, 3.05) is 5.01 Å². The van der Waals surface area contributed by atoms with Crippen LogP contribution >= 0.6 is 27.5 Å². The van der Waals surface area contributed by atoms with Gasteiger partial charge in [-0.2, -0.15) is 0 Å². The smallest absolute Gasteiger partial charge is 0.282 e. The van der Waals surface area contributed by atoms with Gasteiger partial charge >= 0.3 is 0 Å². The van der Waals surface area contributed by atoms with Crippen LogP contribution in [0.5, 0.6) is 5.75 Å². The lowest BCUT2D eigenvalue weighted by Crippen LogP contribution is -2.35. The second-order valence-electron chi connectivity index (χ2n) is 6.65. The molecule has 1 aliphatic heterocycles. The number of hydrogen-bond acceptors (Lipinski definition) is 3. The minimum absolute atomic E-state index is 0.0456. The molecule has 0 spiro atoms. The van der Waals surface area contributed by atoms with E-state index in [1.165, 1.54) is 23.2 Å². The number of nitrogens with zero attached hydrogens (tertiary/aromatic N) is 1. The van der Waals surface area contributed by atoms with Crippen molar-refractivity contribution in [3.8, 4) is 5.75 Å². The lowest BCUT2D eigenvalue weighted by atomic mass is 10.1. The van der Waals surface area contributed by atoms with Gasteiger partial charge in [-0.25, -0.2) is 9.40 Å². The maximum absolute atomic E-state index is 14.1. The highest BCUT2D eigenvalue weighted by Gasteiger charge is 2.34. The van der Waals surface area contributed by atoms with Crippen LogP contribution in [0, 0.1) is 5.82 Å². The number of anilines is 1. The van der Waals surface area contributed by atoms with Crippen LogP contribution in [0.15, 0.2) is 76.8 Å². The molecule has 31 heavy (non-hydrogen) atoms. The van der Waals surface area contributed by atoms with E-state index < -0.39 is 17.6 Å². The third kappa shape index (κ3) is 4.47. The molecule has 0 radical (unpaired) electrons. The first kappa shape index (κ1) is 21.1. The summed E-state index contributed by atoms with van der Waals surface area (Å²) in [6.07, 6.45) is 1.45. The van der Waals surface area contributed by atoms with Crippen molar-refractivity contribution in [3.05, 3.63) is 98.7 Å². The average molecular weight is 502 g/mol. The molecule has 156 valence electrons. The zero-order valence-corrected chi connectivity index (χ0v) is 18.3. The van der Waals surface area contributed by atoms with E-state index in [9.17, 15) is 14.0 Å². The molecule has 0 aromatic heterocycles. The van der Waals surface area contributed by atoms with Crippen LogP contribution in [-0.2, 0) is 16.2 Å². The fourth-order valence-corrected chi connectivity index (χ4v) is 3.65. The zero-order valence-electron chi connectivity index (χ0n) is 15.9. The van der Waals surface area contributed by atoms with Crippen molar-refractivity contribution in [2.45, 2.75) is 6.61 Å². The van der Waals surface area contributed by atoms with E-state index in [0.717, 1.165) is 4.47 Å². The van der Waals surface area contributed by atoms with E-state index in [1.807, 2.05) is 6.07 Å². The number of para-hydroxylation sites is 1. The first-order chi connectivity index (χ1) is 14.9. The fourth-order valence-electron chi connectivity index (χ4n) is 3.06. The summed E-state index contributed by atoms with van der Waals surface area (Å²) in [6.45, 7) is -0.112. The predicted molar refractivity (Wildman–Crippen MR) is 120 cm³/mol. The normalized spacial score (nSPS) is 14.8. The maximum atomic E-state index is 14.1. The van der Waals surface area contributed by atoms with Gasteiger partial charge in [-0.1, -0.05) is 51.8 Å². The number of hydrazine groups is 1. The number of carbonyl (C=O) groups excluding carboxylic acids is 2. The highest BCUT2D eigenvalue weighted by molar-refractivity contribution is 9.10. The van der Waals surface area contributed by atoms with E-state index in [1.54, 1.807) is 48.5 Å². The zero-order chi connectivity index (χ0) is 22.0. The van der Waals surface area contributed by atoms with Crippen LogP contribution in [0.2, 0.25) is 5.02 Å². The summed E-state index contributed by atoms with van der Waals surface area (Å²) in [6, 6.07) is 18.3. The Hall–Kier alpha value is -3.16. The summed E-state index contributed by atoms with van der Waals surface area (Å²) in [4.78, 5) is 25.3. The summed E-state index contributed by atoms with van der Waals surface area (Å²) >= 11 is 9.45. The molecule has 0 atom stereocenters. The lowest BCUT2D eigenvalue weighted by Gasteiger charge is -2.14. The average Bonchev–Trinajstić information content (AvgIpc) is 3.03. The Balaban J connectivity index is 1.64. The van der Waals surface area contributed by atoms with E-state index >= 15 is 0 Å². The molecule has 0 aliphatic carbocycles. The van der Waals surface area contributed by atoms with Crippen molar-refractivity contribution >= 4 is 51.1 Å². The molecule has 0 unspecified atom stereocenters. The molecule has 1 fully saturated rings. The number of halogens is 3. The lowest BCUT2D eigenvalue weighted by molar-refractivity contribution is -0.117. The quantitative estimate of drug-likeness (QED) is 0.382. The maximum Gasteiger partial charge on any atom is 0.282 e. The minimum atomic E-state index is -0.531. The number of rotatable bonds is 5. The van der Waals surface area contributed by atoms with Crippen LogP contribution in [-0.4, -0.2) is 11.8 Å². The van der Waals surface area contributed by atoms with Crippen molar-refractivity contribution in [1.82, 2.24) is 5.43 Å². The molecule has 1 heterocycles. The fraction of sp³-hybridized carbons (Fsp3) is 0.0435. The van der Waals surface area contributed by atoms with Gasteiger partial charge in [0.15, 0.2) is 0 Å². The van der Waals surface area contributed by atoms with Crippen LogP contribution in [0.4, 0.5) is 10.1 Å². The first-order valence-corrected chi connectivity index (χ1v) is 10.4. The molecule has 1 aliphatic rings. The number of amides is 2. The standard InChI is InChI=1S/C23H15BrClFN2O3/c24-15-9-10-21(31-13-18-19(25)7-4-8-20(18)26)14(11-15)12-17-22(29)27-28(23(17)30)16-5-2-1-3-6-16/h1-12H,13H2,(H,27,29)/b17-12+. The number of benzene rings is 3. The monoisotopic (exact) mass is 500 g/mol. The molecule has 3 aromatic rings. The van der Waals surface area contributed by atoms with Crippen molar-refractivity contribution in [1.29, 1.82) is 0 Å². The number of carbonyl (C=O) groups is 2. The van der Waals surface area contributed by atoms with Crippen molar-refractivity contribution in [2.24, 2.45) is 0 Å². The Bertz CT molecular complexity index is 1180. The third-order valence-corrected chi connectivity index (χ3v) is 5.46. The molecule has 1 N–H and O–H groups in total. The highest BCUT2D eigenvalue weighted by atomic mass is 79.9. The number of ether oxygens (including phenoxy) is 1. The molecule has 8 heteroatoms. The van der Waals surface area contributed by atoms with Crippen LogP contribution in [0.3, 0.4) is 0 Å². The highest BCUT2D eigenvalue weighted by Crippen LogP contribution is 2.29. The second kappa shape index (κ2) is 8.91. The van der Waals surface area contributed by atoms with Gasteiger partial charge < -0.3 is 4.74 Å². The number of hydrogen-bond donors (Lipinski definition) is 1. The molecule has 3 aromatic carbocycles. The summed E-state index contributed by atoms with van der Waals surface area (Å²) in [5.74, 6) is -1.13. The molecular formula is C23H15BrClFN2O3. The van der Waals surface area contributed by atoms with Crippen molar-refractivity contribution in [3.63, 3.8) is 0 Å². The molecule has 4 rings (SSSR count). The second-order valence-corrected chi connectivity index (χ2v) is 7.97. The summed E-state index contributed by atoms with van der Waals surface area (Å²) in [5, 5.41) is 1.44. The van der Waals surface area contributed by atoms with Gasteiger partial charge in [0.2, 0.25) is 0 Å². The Morgan fingerprint density at radius 3 is 2.58 bits per heavy atom. The SMILES string of the molecule is O=C1NN(c2ccccc2)C(=O)/C1=C/c1cc(Br)ccc1OCc1c(F)cccc1Cl. The van der Waals surface area contributed by atoms with Crippen LogP contribution in [0.25, 0.3) is 6.08 Å². The summed E-state index contributed by atoms with van der Waals surface area (Å²) < 4.78 is 20.6. The number of nitrogens with one attached hydrogen (secondary N) is 1. The van der Waals surface area contributed by atoms with Gasteiger partial charge in [0.1, 0.15) is 23.7 Å². The van der Waals surface area contributed by atoms with E-state index in [-0.39, 0.29) is 22.8 Å². The molecule has 5 nitrogen and oxygen atoms in total. The van der Waals surface area contributed by atoms with Gasteiger partial charge in [0, 0.05) is 15.6 Å². The molecule has 2 amide bonds. The van der Waals surface area contributed by atoms with Crippen molar-refractivity contribution < 1.29 is 18.7 Å². The van der Waals surface area contributed by atoms with Gasteiger partial charge in [-0.3, -0.25) is 15.0 Å². The van der Waals surface area contributed by atoms with E-state index in [2.05, 4.69) is 21.4 Å². The third-order valence-electron chi connectivity index (χ3n) is 4.61. The molecule has 0 bridgehead atoms. The largest absolute Gasteiger partial charge is 0.488 e. The van der Waals surface area contributed by atoms with Crippen LogP contribution in [0.1, 0.15) is 11.1 Å². The minimum Gasteiger partial charge on any atom is -0.488 e. The van der Waals surface area contributed by atoms with Gasteiger partial charge in [0.25, 0.3) is 11.8 Å².